The lowest BCUT2D eigenvalue weighted by molar-refractivity contribution is -0.138. The number of cyclic esters (lactones) is 1. The van der Waals surface area contributed by atoms with Crippen LogP contribution in [0.5, 0.6) is 0 Å². The molecule has 2 rings (SSSR count). The van der Waals surface area contributed by atoms with E-state index in [4.69, 9.17) is 9.84 Å². The average Bonchev–Trinajstić information content (AvgIpc) is 2.71. The molecule has 1 atom stereocenters. The number of carbonyl (C=O) groups excluding carboxylic acids is 1. The summed E-state index contributed by atoms with van der Waals surface area (Å²) < 4.78 is 43.5. The number of nitrogens with zero attached hydrogens (tertiary/aromatic N) is 1. The van der Waals surface area contributed by atoms with Gasteiger partial charge in [0.25, 0.3) is 0 Å². The van der Waals surface area contributed by atoms with Crippen molar-refractivity contribution < 1.29 is 27.8 Å². The summed E-state index contributed by atoms with van der Waals surface area (Å²) in [5.41, 5.74) is -0.746. The van der Waals surface area contributed by atoms with Gasteiger partial charge in [0.2, 0.25) is 0 Å². The molecule has 1 heterocycles. The van der Waals surface area contributed by atoms with Crippen LogP contribution in [0.25, 0.3) is 0 Å². The number of amides is 1. The SMILES string of the molecule is O=C1OCC(CCO)N1Cc1ccccc1C(F)(F)F. The number of ether oxygens (including phenoxy) is 1. The van der Waals surface area contributed by atoms with Crippen molar-refractivity contribution in [3.63, 3.8) is 0 Å². The van der Waals surface area contributed by atoms with Crippen molar-refractivity contribution in [3.05, 3.63) is 35.4 Å². The highest BCUT2D eigenvalue weighted by Crippen LogP contribution is 2.33. The molecule has 1 aromatic rings. The van der Waals surface area contributed by atoms with Gasteiger partial charge in [-0.2, -0.15) is 13.2 Å². The fourth-order valence-corrected chi connectivity index (χ4v) is 2.19. The Morgan fingerprint density at radius 3 is 2.70 bits per heavy atom. The van der Waals surface area contributed by atoms with Crippen molar-refractivity contribution in [2.45, 2.75) is 25.2 Å². The fraction of sp³-hybridized carbons (Fsp3) is 0.462. The molecule has 1 aromatic carbocycles. The maximum atomic E-state index is 12.9. The van der Waals surface area contributed by atoms with Crippen LogP contribution in [-0.2, 0) is 17.5 Å². The molecule has 7 heteroatoms. The lowest BCUT2D eigenvalue weighted by Crippen LogP contribution is -2.34. The Balaban J connectivity index is 2.23. The highest BCUT2D eigenvalue weighted by Gasteiger charge is 2.37. The van der Waals surface area contributed by atoms with Crippen LogP contribution >= 0.6 is 0 Å². The Bertz CT molecular complexity index is 490. The van der Waals surface area contributed by atoms with Gasteiger partial charge in [-0.25, -0.2) is 4.79 Å². The van der Waals surface area contributed by atoms with E-state index in [1.54, 1.807) is 0 Å². The van der Waals surface area contributed by atoms with E-state index in [9.17, 15) is 18.0 Å². The summed E-state index contributed by atoms with van der Waals surface area (Å²) in [6.45, 7) is -0.245. The number of benzene rings is 1. The zero-order valence-electron chi connectivity index (χ0n) is 10.6. The van der Waals surface area contributed by atoms with E-state index in [2.05, 4.69) is 0 Å². The Hall–Kier alpha value is -1.76. The summed E-state index contributed by atoms with van der Waals surface area (Å²) in [6, 6.07) is 4.73. The largest absolute Gasteiger partial charge is 0.447 e. The van der Waals surface area contributed by atoms with Gasteiger partial charge in [-0.05, 0) is 18.1 Å². The third-order valence-corrected chi connectivity index (χ3v) is 3.20. The van der Waals surface area contributed by atoms with Gasteiger partial charge in [-0.15, -0.1) is 0 Å². The molecule has 0 aromatic heterocycles. The highest BCUT2D eigenvalue weighted by atomic mass is 19.4. The monoisotopic (exact) mass is 289 g/mol. The Morgan fingerprint density at radius 2 is 2.05 bits per heavy atom. The molecule has 1 amide bonds. The van der Waals surface area contributed by atoms with Crippen molar-refractivity contribution in [1.82, 2.24) is 4.90 Å². The van der Waals surface area contributed by atoms with Gasteiger partial charge in [-0.1, -0.05) is 18.2 Å². The molecule has 1 aliphatic rings. The number of aliphatic hydroxyl groups excluding tert-OH is 1. The van der Waals surface area contributed by atoms with Crippen LogP contribution in [0.1, 0.15) is 17.5 Å². The molecule has 1 N–H and O–H groups in total. The lowest BCUT2D eigenvalue weighted by Gasteiger charge is -2.22. The number of aliphatic hydroxyl groups is 1. The molecule has 0 saturated carbocycles. The molecule has 0 aliphatic carbocycles. The molecule has 4 nitrogen and oxygen atoms in total. The van der Waals surface area contributed by atoms with Gasteiger partial charge in [-0.3, -0.25) is 4.90 Å². The van der Waals surface area contributed by atoms with Crippen molar-refractivity contribution >= 4 is 6.09 Å². The topological polar surface area (TPSA) is 49.8 Å². The van der Waals surface area contributed by atoms with Crippen molar-refractivity contribution in [2.75, 3.05) is 13.2 Å². The van der Waals surface area contributed by atoms with Crippen LogP contribution in [0.3, 0.4) is 0 Å². The summed E-state index contributed by atoms with van der Waals surface area (Å²) in [5, 5.41) is 8.91. The van der Waals surface area contributed by atoms with Crippen LogP contribution in [0.4, 0.5) is 18.0 Å². The smallest absolute Gasteiger partial charge is 0.416 e. The van der Waals surface area contributed by atoms with Crippen LogP contribution in [-0.4, -0.2) is 35.4 Å². The second-order valence-electron chi connectivity index (χ2n) is 4.53. The van der Waals surface area contributed by atoms with Crippen LogP contribution in [0, 0.1) is 0 Å². The molecule has 0 bridgehead atoms. The molecule has 20 heavy (non-hydrogen) atoms. The molecule has 0 radical (unpaired) electrons. The zero-order valence-corrected chi connectivity index (χ0v) is 10.6. The molecule has 1 unspecified atom stereocenters. The minimum absolute atomic E-state index is 0.0155. The average molecular weight is 289 g/mol. The first-order valence-corrected chi connectivity index (χ1v) is 6.13. The molecular weight excluding hydrogens is 275 g/mol. The van der Waals surface area contributed by atoms with E-state index in [1.165, 1.54) is 23.1 Å². The molecule has 0 spiro atoms. The summed E-state index contributed by atoms with van der Waals surface area (Å²) in [5.74, 6) is 0. The highest BCUT2D eigenvalue weighted by molar-refractivity contribution is 5.70. The summed E-state index contributed by atoms with van der Waals surface area (Å²) >= 11 is 0. The second-order valence-corrected chi connectivity index (χ2v) is 4.53. The number of carbonyl (C=O) groups is 1. The maximum absolute atomic E-state index is 12.9. The Labute approximate surface area is 113 Å². The standard InChI is InChI=1S/C13H14F3NO3/c14-13(15,16)11-4-2-1-3-9(11)7-17-10(5-6-18)8-20-12(17)19/h1-4,10,18H,5-8H2. The van der Waals surface area contributed by atoms with Gasteiger partial charge in [0, 0.05) is 6.61 Å². The molecule has 1 fully saturated rings. The number of halogens is 3. The van der Waals surface area contributed by atoms with E-state index in [0.29, 0.717) is 0 Å². The quantitative estimate of drug-likeness (QED) is 0.926. The summed E-state index contributed by atoms with van der Waals surface area (Å²) in [6.07, 6.45) is -4.84. The third kappa shape index (κ3) is 3.04. The molecule has 110 valence electrons. The Kier molecular flexibility index (Phi) is 4.17. The predicted octanol–water partition coefficient (Wildman–Crippen LogP) is 2.41. The van der Waals surface area contributed by atoms with E-state index in [0.717, 1.165) is 6.07 Å². The molecule has 1 aliphatic heterocycles. The summed E-state index contributed by atoms with van der Waals surface area (Å²) in [7, 11) is 0. The van der Waals surface area contributed by atoms with E-state index in [-0.39, 0.29) is 31.7 Å². The number of rotatable bonds is 4. The molecule has 1 saturated heterocycles. The maximum Gasteiger partial charge on any atom is 0.416 e. The zero-order chi connectivity index (χ0) is 14.8. The van der Waals surface area contributed by atoms with Gasteiger partial charge < -0.3 is 9.84 Å². The Morgan fingerprint density at radius 1 is 1.35 bits per heavy atom. The first-order valence-electron chi connectivity index (χ1n) is 6.13. The van der Waals surface area contributed by atoms with Crippen molar-refractivity contribution in [2.24, 2.45) is 0 Å². The second kappa shape index (κ2) is 5.70. The van der Waals surface area contributed by atoms with Gasteiger partial charge in [0.05, 0.1) is 18.2 Å². The molecular formula is C13H14F3NO3. The van der Waals surface area contributed by atoms with Gasteiger partial charge >= 0.3 is 12.3 Å². The first-order chi connectivity index (χ1) is 9.43. The van der Waals surface area contributed by atoms with E-state index in [1.807, 2.05) is 0 Å². The van der Waals surface area contributed by atoms with E-state index >= 15 is 0 Å². The van der Waals surface area contributed by atoms with Crippen LogP contribution in [0.15, 0.2) is 24.3 Å². The van der Waals surface area contributed by atoms with Crippen molar-refractivity contribution in [1.29, 1.82) is 0 Å². The summed E-state index contributed by atoms with van der Waals surface area (Å²) in [4.78, 5) is 12.8. The first kappa shape index (κ1) is 14.6. The van der Waals surface area contributed by atoms with Gasteiger partial charge in [0.15, 0.2) is 0 Å². The van der Waals surface area contributed by atoms with Crippen molar-refractivity contribution in [3.8, 4) is 0 Å². The normalized spacial score (nSPS) is 19.3. The van der Waals surface area contributed by atoms with Gasteiger partial charge in [0.1, 0.15) is 6.61 Å². The number of hydrogen-bond acceptors (Lipinski definition) is 3. The number of hydrogen-bond donors (Lipinski definition) is 1. The van der Waals surface area contributed by atoms with Crippen LogP contribution < -0.4 is 0 Å². The lowest BCUT2D eigenvalue weighted by atomic mass is 10.1. The third-order valence-electron chi connectivity index (χ3n) is 3.20. The minimum Gasteiger partial charge on any atom is -0.447 e. The minimum atomic E-state index is -4.47. The fourth-order valence-electron chi connectivity index (χ4n) is 2.19. The van der Waals surface area contributed by atoms with E-state index < -0.39 is 23.9 Å². The predicted molar refractivity (Wildman–Crippen MR) is 63.8 cm³/mol. The van der Waals surface area contributed by atoms with Crippen LogP contribution in [0.2, 0.25) is 0 Å². The number of alkyl halides is 3.